The molecule has 0 amide bonds. The van der Waals surface area contributed by atoms with Crippen LogP contribution in [0.2, 0.25) is 0 Å². The van der Waals surface area contributed by atoms with Crippen molar-refractivity contribution >= 4 is 17.9 Å². The molecule has 0 bridgehead atoms. The van der Waals surface area contributed by atoms with Gasteiger partial charge >= 0.3 is 5.97 Å². The Hall–Kier alpha value is -3.02. The summed E-state index contributed by atoms with van der Waals surface area (Å²) in [5.74, 6) is -0.654. The number of ether oxygens (including phenoxy) is 1. The van der Waals surface area contributed by atoms with Crippen molar-refractivity contribution in [1.82, 2.24) is 0 Å². The maximum Gasteiger partial charge on any atom is 0.337 e. The van der Waals surface area contributed by atoms with E-state index >= 15 is 0 Å². The van der Waals surface area contributed by atoms with Gasteiger partial charge in [0.1, 0.15) is 0 Å². The van der Waals surface area contributed by atoms with Crippen LogP contribution in [-0.2, 0) is 0 Å². The maximum atomic E-state index is 11.0. The van der Waals surface area contributed by atoms with Crippen molar-refractivity contribution in [2.75, 3.05) is 12.5 Å². The lowest BCUT2D eigenvalue weighted by molar-refractivity contribution is 0.0698. The summed E-state index contributed by atoms with van der Waals surface area (Å²) in [6, 6.07) is 11.3. The van der Waals surface area contributed by atoms with Crippen molar-refractivity contribution in [2.24, 2.45) is 5.10 Å². The molecule has 0 aliphatic carbocycles. The highest BCUT2D eigenvalue weighted by Gasteiger charge is 2.07. The van der Waals surface area contributed by atoms with E-state index in [1.807, 2.05) is 0 Å². The average Bonchev–Trinajstić information content (AvgIpc) is 2.48. The molecule has 108 valence electrons. The fourth-order valence-corrected chi connectivity index (χ4v) is 1.73. The largest absolute Gasteiger partial charge is 0.504 e. The predicted octanol–water partition coefficient (Wildman–Crippen LogP) is 2.55. The molecule has 0 aliphatic heterocycles. The van der Waals surface area contributed by atoms with Gasteiger partial charge in [-0.25, -0.2) is 4.79 Å². The average molecular weight is 286 g/mol. The number of anilines is 1. The predicted molar refractivity (Wildman–Crippen MR) is 79.3 cm³/mol. The second-order valence-corrected chi connectivity index (χ2v) is 4.15. The van der Waals surface area contributed by atoms with Crippen molar-refractivity contribution in [1.29, 1.82) is 0 Å². The van der Waals surface area contributed by atoms with Crippen LogP contribution in [0, 0.1) is 0 Å². The van der Waals surface area contributed by atoms with Gasteiger partial charge in [-0.05, 0) is 35.9 Å². The van der Waals surface area contributed by atoms with Crippen LogP contribution >= 0.6 is 0 Å². The first-order valence-electron chi connectivity index (χ1n) is 6.10. The van der Waals surface area contributed by atoms with E-state index in [4.69, 9.17) is 9.84 Å². The third kappa shape index (κ3) is 3.50. The molecule has 0 unspecified atom stereocenters. The fourth-order valence-electron chi connectivity index (χ4n) is 1.73. The van der Waals surface area contributed by atoms with E-state index in [-0.39, 0.29) is 11.3 Å². The van der Waals surface area contributed by atoms with Gasteiger partial charge in [0, 0.05) is 0 Å². The Morgan fingerprint density at radius 2 is 2.05 bits per heavy atom. The second kappa shape index (κ2) is 6.42. The van der Waals surface area contributed by atoms with Gasteiger partial charge in [0.25, 0.3) is 0 Å². The van der Waals surface area contributed by atoms with Gasteiger partial charge in [0.15, 0.2) is 11.5 Å². The standard InChI is InChI=1S/C15H14N2O4/c1-21-14-7-6-10(8-13(14)18)9-16-17-12-5-3-2-4-11(12)15(19)20/h2-9,17-18H,1H3,(H,19,20). The molecule has 0 saturated heterocycles. The molecule has 6 nitrogen and oxygen atoms in total. The molecular weight excluding hydrogens is 272 g/mol. The van der Waals surface area contributed by atoms with Crippen LogP contribution in [0.4, 0.5) is 5.69 Å². The number of carboxylic acids is 1. The monoisotopic (exact) mass is 286 g/mol. The summed E-state index contributed by atoms with van der Waals surface area (Å²) >= 11 is 0. The third-order valence-electron chi connectivity index (χ3n) is 2.76. The molecular formula is C15H14N2O4. The maximum absolute atomic E-state index is 11.0. The Kier molecular flexibility index (Phi) is 4.40. The van der Waals surface area contributed by atoms with Gasteiger partial charge in [-0.15, -0.1) is 0 Å². The minimum absolute atomic E-state index is 0.00684. The number of benzene rings is 2. The third-order valence-corrected chi connectivity index (χ3v) is 2.76. The number of para-hydroxylation sites is 1. The summed E-state index contributed by atoms with van der Waals surface area (Å²) in [4.78, 5) is 11.0. The number of rotatable bonds is 5. The highest BCUT2D eigenvalue weighted by atomic mass is 16.5. The lowest BCUT2D eigenvalue weighted by Crippen LogP contribution is -2.02. The molecule has 0 radical (unpaired) electrons. The van der Waals surface area contributed by atoms with Gasteiger partial charge in [0.05, 0.1) is 24.6 Å². The molecule has 0 saturated carbocycles. The minimum Gasteiger partial charge on any atom is -0.504 e. The van der Waals surface area contributed by atoms with Crippen LogP contribution in [0.3, 0.4) is 0 Å². The molecule has 2 aromatic carbocycles. The molecule has 0 aromatic heterocycles. The molecule has 2 rings (SSSR count). The van der Waals surface area contributed by atoms with E-state index in [1.165, 1.54) is 25.5 Å². The molecule has 0 heterocycles. The van der Waals surface area contributed by atoms with Crippen LogP contribution in [0.1, 0.15) is 15.9 Å². The lowest BCUT2D eigenvalue weighted by Gasteiger charge is -2.05. The summed E-state index contributed by atoms with van der Waals surface area (Å²) in [5.41, 5.74) is 3.83. The van der Waals surface area contributed by atoms with Crippen LogP contribution in [-0.4, -0.2) is 29.5 Å². The summed E-state index contributed by atoms with van der Waals surface area (Å²) in [6.45, 7) is 0. The normalized spacial score (nSPS) is 10.5. The number of hydrogen-bond donors (Lipinski definition) is 3. The van der Waals surface area contributed by atoms with E-state index in [0.717, 1.165) is 0 Å². The van der Waals surface area contributed by atoms with Crippen molar-refractivity contribution in [3.8, 4) is 11.5 Å². The SMILES string of the molecule is COc1ccc(C=NNc2ccccc2C(=O)O)cc1O. The topological polar surface area (TPSA) is 91.2 Å². The Morgan fingerprint density at radius 1 is 1.29 bits per heavy atom. The lowest BCUT2D eigenvalue weighted by atomic mass is 10.2. The van der Waals surface area contributed by atoms with E-state index < -0.39 is 5.97 Å². The first kappa shape index (κ1) is 14.4. The smallest absolute Gasteiger partial charge is 0.337 e. The fraction of sp³-hybridized carbons (Fsp3) is 0.0667. The number of nitrogens with zero attached hydrogens (tertiary/aromatic N) is 1. The summed E-state index contributed by atoms with van der Waals surface area (Å²) < 4.78 is 4.94. The zero-order valence-corrected chi connectivity index (χ0v) is 11.3. The van der Waals surface area contributed by atoms with Gasteiger partial charge in [0.2, 0.25) is 0 Å². The van der Waals surface area contributed by atoms with E-state index in [1.54, 1.807) is 30.3 Å². The quantitative estimate of drug-likeness (QED) is 0.580. The minimum atomic E-state index is -1.03. The molecule has 3 N–H and O–H groups in total. The molecule has 0 fully saturated rings. The Balaban J connectivity index is 2.13. The zero-order chi connectivity index (χ0) is 15.2. The number of carbonyl (C=O) groups is 1. The highest BCUT2D eigenvalue weighted by Crippen LogP contribution is 2.25. The summed E-state index contributed by atoms with van der Waals surface area (Å²) in [6.07, 6.45) is 1.47. The Labute approximate surface area is 121 Å². The molecule has 21 heavy (non-hydrogen) atoms. The van der Waals surface area contributed by atoms with Crippen molar-refractivity contribution in [2.45, 2.75) is 0 Å². The van der Waals surface area contributed by atoms with Gasteiger partial charge < -0.3 is 14.9 Å². The van der Waals surface area contributed by atoms with Gasteiger partial charge in [-0.1, -0.05) is 12.1 Å². The first-order chi connectivity index (χ1) is 10.1. The Morgan fingerprint density at radius 3 is 2.71 bits per heavy atom. The highest BCUT2D eigenvalue weighted by molar-refractivity contribution is 5.94. The number of methoxy groups -OCH3 is 1. The van der Waals surface area contributed by atoms with Crippen molar-refractivity contribution < 1.29 is 19.7 Å². The summed E-state index contributed by atoms with van der Waals surface area (Å²) in [7, 11) is 1.47. The van der Waals surface area contributed by atoms with Crippen LogP contribution in [0.15, 0.2) is 47.6 Å². The number of carboxylic acid groups (broad SMARTS) is 1. The number of hydrazone groups is 1. The second-order valence-electron chi connectivity index (χ2n) is 4.15. The van der Waals surface area contributed by atoms with Gasteiger partial charge in [-0.2, -0.15) is 5.10 Å². The molecule has 6 heteroatoms. The summed E-state index contributed by atoms with van der Waals surface area (Å²) in [5, 5.41) is 22.6. The van der Waals surface area contributed by atoms with E-state index in [0.29, 0.717) is 17.0 Å². The number of aromatic carboxylic acids is 1. The molecule has 0 aliphatic rings. The van der Waals surface area contributed by atoms with Crippen LogP contribution < -0.4 is 10.2 Å². The number of phenolic OH excluding ortho intramolecular Hbond substituents is 1. The van der Waals surface area contributed by atoms with Gasteiger partial charge in [-0.3, -0.25) is 5.43 Å². The number of hydrogen-bond acceptors (Lipinski definition) is 5. The number of nitrogens with one attached hydrogen (secondary N) is 1. The first-order valence-corrected chi connectivity index (χ1v) is 6.10. The van der Waals surface area contributed by atoms with E-state index in [9.17, 15) is 9.90 Å². The molecule has 0 spiro atoms. The van der Waals surface area contributed by atoms with Crippen molar-refractivity contribution in [3.05, 3.63) is 53.6 Å². The van der Waals surface area contributed by atoms with Crippen LogP contribution in [0.25, 0.3) is 0 Å². The number of phenols is 1. The molecule has 0 atom stereocenters. The zero-order valence-electron chi connectivity index (χ0n) is 11.3. The van der Waals surface area contributed by atoms with Crippen molar-refractivity contribution in [3.63, 3.8) is 0 Å². The number of aromatic hydroxyl groups is 1. The molecule has 2 aromatic rings. The van der Waals surface area contributed by atoms with E-state index in [2.05, 4.69) is 10.5 Å². The Bertz CT molecular complexity index is 683. The van der Waals surface area contributed by atoms with Crippen LogP contribution in [0.5, 0.6) is 11.5 Å².